The zero-order valence-corrected chi connectivity index (χ0v) is 20.3. The lowest BCUT2D eigenvalue weighted by molar-refractivity contribution is -0.907. The molecule has 2 aliphatic heterocycles. The van der Waals surface area contributed by atoms with Gasteiger partial charge in [-0.15, -0.1) is 0 Å². The number of benzene rings is 2. The number of aryl methyl sites for hydroxylation is 1. The highest BCUT2D eigenvalue weighted by Crippen LogP contribution is 2.39. The van der Waals surface area contributed by atoms with Gasteiger partial charge in [0.15, 0.2) is 0 Å². The zero-order valence-electron chi connectivity index (χ0n) is 18.7. The highest BCUT2D eigenvalue weighted by Gasteiger charge is 2.44. The van der Waals surface area contributed by atoms with E-state index in [1.165, 1.54) is 4.90 Å². The number of quaternary nitrogens is 1. The topological polar surface area (TPSA) is 83.3 Å². The number of carbonyl (C=O) groups excluding carboxylic acids is 2. The lowest BCUT2D eigenvalue weighted by atomic mass is 9.95. The van der Waals surface area contributed by atoms with Crippen molar-refractivity contribution in [3.05, 3.63) is 69.2 Å². The molecule has 33 heavy (non-hydrogen) atoms. The van der Waals surface area contributed by atoms with Crippen molar-refractivity contribution in [2.45, 2.75) is 13.0 Å². The van der Waals surface area contributed by atoms with E-state index in [2.05, 4.69) is 15.9 Å². The number of nitrogens with zero attached hydrogens (tertiary/aromatic N) is 1. The number of hydrogen-bond donors (Lipinski definition) is 1. The number of amides is 1. The molecule has 1 atom stereocenters. The largest absolute Gasteiger partial charge is 0.872 e. The molecule has 1 unspecified atom stereocenters. The molecule has 0 radical (unpaired) electrons. The van der Waals surface area contributed by atoms with Crippen LogP contribution in [0.2, 0.25) is 0 Å². The number of rotatable bonds is 6. The number of morpholine rings is 1. The van der Waals surface area contributed by atoms with Gasteiger partial charge in [0.05, 0.1) is 39.5 Å². The van der Waals surface area contributed by atoms with Gasteiger partial charge in [0.25, 0.3) is 5.91 Å². The average molecular weight is 515 g/mol. The van der Waals surface area contributed by atoms with Crippen molar-refractivity contribution < 1.29 is 29.1 Å². The fraction of sp³-hybridized carbons (Fsp3) is 0.360. The van der Waals surface area contributed by atoms with E-state index in [0.717, 1.165) is 28.7 Å². The van der Waals surface area contributed by atoms with Gasteiger partial charge in [-0.05, 0) is 47.9 Å². The molecule has 7 nitrogen and oxygen atoms in total. The highest BCUT2D eigenvalue weighted by atomic mass is 79.9. The summed E-state index contributed by atoms with van der Waals surface area (Å²) < 4.78 is 11.5. The molecule has 2 aliphatic rings. The quantitative estimate of drug-likeness (QED) is 0.352. The molecule has 2 heterocycles. The number of hydrogen-bond acceptors (Lipinski definition) is 5. The second-order valence-electron chi connectivity index (χ2n) is 8.32. The molecule has 2 fully saturated rings. The summed E-state index contributed by atoms with van der Waals surface area (Å²) in [4.78, 5) is 29.1. The van der Waals surface area contributed by atoms with Crippen LogP contribution in [0.3, 0.4) is 0 Å². The Balaban J connectivity index is 1.75. The first-order valence-corrected chi connectivity index (χ1v) is 11.8. The van der Waals surface area contributed by atoms with E-state index in [9.17, 15) is 14.7 Å². The first kappa shape index (κ1) is 23.5. The SMILES string of the molecule is COc1ccc(C([O-])=C2C(=O)C(=O)N(CC[NH+]3CCOCC3)C2c2cccc(Br)c2)cc1C. The fourth-order valence-corrected chi connectivity index (χ4v) is 4.90. The lowest BCUT2D eigenvalue weighted by Gasteiger charge is -2.30. The van der Waals surface area contributed by atoms with Crippen LogP contribution in [0.4, 0.5) is 0 Å². The second-order valence-corrected chi connectivity index (χ2v) is 9.24. The molecule has 0 bridgehead atoms. The van der Waals surface area contributed by atoms with Crippen molar-refractivity contribution in [3.63, 3.8) is 0 Å². The molecule has 0 aliphatic carbocycles. The number of Topliss-reactive ketones (excluding diaryl/α,β-unsaturated/α-hetero) is 1. The molecule has 0 saturated carbocycles. The number of halogens is 1. The van der Waals surface area contributed by atoms with Gasteiger partial charge in [-0.2, -0.15) is 0 Å². The Morgan fingerprint density at radius 1 is 1.21 bits per heavy atom. The summed E-state index contributed by atoms with van der Waals surface area (Å²) in [6.45, 7) is 6.00. The summed E-state index contributed by atoms with van der Waals surface area (Å²) in [5.74, 6) is -1.12. The normalized spacial score (nSPS) is 20.9. The molecule has 4 rings (SSSR count). The maximum atomic E-state index is 13.6. The third-order valence-corrected chi connectivity index (χ3v) is 6.75. The van der Waals surface area contributed by atoms with Gasteiger partial charge in [-0.3, -0.25) is 9.59 Å². The van der Waals surface area contributed by atoms with E-state index in [1.54, 1.807) is 30.2 Å². The van der Waals surface area contributed by atoms with E-state index in [-0.39, 0.29) is 5.57 Å². The Morgan fingerprint density at radius 3 is 2.64 bits per heavy atom. The van der Waals surface area contributed by atoms with Crippen LogP contribution in [0.25, 0.3) is 5.76 Å². The molecule has 174 valence electrons. The smallest absolute Gasteiger partial charge is 0.295 e. The van der Waals surface area contributed by atoms with Crippen molar-refractivity contribution in [1.82, 2.24) is 4.90 Å². The van der Waals surface area contributed by atoms with Gasteiger partial charge in [-0.1, -0.05) is 39.9 Å². The Hall–Kier alpha value is -2.68. The average Bonchev–Trinajstić information content (AvgIpc) is 3.07. The van der Waals surface area contributed by atoms with Crippen LogP contribution in [0.1, 0.15) is 22.7 Å². The van der Waals surface area contributed by atoms with Crippen LogP contribution in [0, 0.1) is 6.92 Å². The molecular formula is C25H27BrN2O5. The van der Waals surface area contributed by atoms with Crippen LogP contribution in [0.15, 0.2) is 52.5 Å². The number of ketones is 1. The van der Waals surface area contributed by atoms with E-state index >= 15 is 0 Å². The summed E-state index contributed by atoms with van der Waals surface area (Å²) in [7, 11) is 1.56. The molecule has 2 saturated heterocycles. The van der Waals surface area contributed by atoms with Crippen LogP contribution < -0.4 is 14.7 Å². The van der Waals surface area contributed by atoms with Crippen molar-refractivity contribution in [2.24, 2.45) is 0 Å². The Bertz CT molecular complexity index is 1090. The minimum Gasteiger partial charge on any atom is -0.872 e. The molecule has 2 aromatic carbocycles. The lowest BCUT2D eigenvalue weighted by Crippen LogP contribution is -3.14. The van der Waals surface area contributed by atoms with Gasteiger partial charge < -0.3 is 24.4 Å². The zero-order chi connectivity index (χ0) is 23.5. The Morgan fingerprint density at radius 2 is 1.97 bits per heavy atom. The van der Waals surface area contributed by atoms with Crippen LogP contribution in [-0.4, -0.2) is 63.1 Å². The number of methoxy groups -OCH3 is 1. The minimum absolute atomic E-state index is 0.000329. The Kier molecular flexibility index (Phi) is 7.17. The number of nitrogens with one attached hydrogen (secondary N) is 1. The van der Waals surface area contributed by atoms with Crippen LogP contribution in [0.5, 0.6) is 5.75 Å². The van der Waals surface area contributed by atoms with Crippen molar-refractivity contribution in [2.75, 3.05) is 46.5 Å². The van der Waals surface area contributed by atoms with Gasteiger partial charge >= 0.3 is 0 Å². The third-order valence-electron chi connectivity index (χ3n) is 6.26. The van der Waals surface area contributed by atoms with Gasteiger partial charge in [0.2, 0.25) is 5.78 Å². The number of ether oxygens (including phenoxy) is 2. The monoisotopic (exact) mass is 514 g/mol. The van der Waals surface area contributed by atoms with Gasteiger partial charge in [-0.25, -0.2) is 0 Å². The molecule has 2 aromatic rings. The first-order chi connectivity index (χ1) is 15.9. The predicted molar refractivity (Wildman–Crippen MR) is 125 cm³/mol. The van der Waals surface area contributed by atoms with Crippen molar-refractivity contribution in [3.8, 4) is 5.75 Å². The van der Waals surface area contributed by atoms with E-state index in [4.69, 9.17) is 9.47 Å². The number of likely N-dealkylation sites (tertiary alicyclic amines) is 1. The molecule has 8 heteroatoms. The molecular weight excluding hydrogens is 488 g/mol. The summed E-state index contributed by atoms with van der Waals surface area (Å²) in [6.07, 6.45) is 0. The van der Waals surface area contributed by atoms with E-state index < -0.39 is 23.5 Å². The Labute approximate surface area is 201 Å². The van der Waals surface area contributed by atoms with Gasteiger partial charge in [0.1, 0.15) is 18.8 Å². The van der Waals surface area contributed by atoms with Crippen LogP contribution >= 0.6 is 15.9 Å². The summed E-state index contributed by atoms with van der Waals surface area (Å²) >= 11 is 3.47. The highest BCUT2D eigenvalue weighted by molar-refractivity contribution is 9.10. The summed E-state index contributed by atoms with van der Waals surface area (Å²) in [5.41, 5.74) is 1.88. The standard InChI is InChI=1S/C25H27BrN2O5/c1-16-14-18(6-7-20(16)32-2)23(29)21-22(17-4-3-5-19(26)15-17)28(25(31)24(21)30)9-8-27-10-12-33-13-11-27/h3-7,14-15,22,29H,8-13H2,1-2H3. The maximum absolute atomic E-state index is 13.6. The second kappa shape index (κ2) is 10.1. The summed E-state index contributed by atoms with van der Waals surface area (Å²) in [6, 6.07) is 11.7. The summed E-state index contributed by atoms with van der Waals surface area (Å²) in [5, 5.41) is 13.6. The van der Waals surface area contributed by atoms with E-state index in [0.29, 0.717) is 37.6 Å². The third kappa shape index (κ3) is 4.83. The molecule has 1 N–H and O–H groups in total. The fourth-order valence-electron chi connectivity index (χ4n) is 4.49. The van der Waals surface area contributed by atoms with Crippen molar-refractivity contribution >= 4 is 33.4 Å². The van der Waals surface area contributed by atoms with Crippen LogP contribution in [-0.2, 0) is 14.3 Å². The van der Waals surface area contributed by atoms with E-state index in [1.807, 2.05) is 31.2 Å². The first-order valence-electron chi connectivity index (χ1n) is 11.0. The predicted octanol–water partition coefficient (Wildman–Crippen LogP) is 0.905. The molecule has 0 aromatic heterocycles. The molecule has 1 amide bonds. The maximum Gasteiger partial charge on any atom is 0.295 e. The van der Waals surface area contributed by atoms with Gasteiger partial charge in [0, 0.05) is 10.0 Å². The molecule has 0 spiro atoms. The van der Waals surface area contributed by atoms with Crippen molar-refractivity contribution in [1.29, 1.82) is 0 Å². The number of carbonyl (C=O) groups is 2. The minimum atomic E-state index is -0.726.